The van der Waals surface area contributed by atoms with Gasteiger partial charge in [0.05, 0.1) is 51.3 Å². The molecule has 1 aliphatic carbocycles. The molecule has 3 aromatic carbocycles. The van der Waals surface area contributed by atoms with Gasteiger partial charge in [0.25, 0.3) is 0 Å². The third-order valence-electron chi connectivity index (χ3n) is 11.1. The van der Waals surface area contributed by atoms with E-state index in [-0.39, 0.29) is 113 Å². The Morgan fingerprint density at radius 1 is 0.485 bits per heavy atom. The van der Waals surface area contributed by atoms with Crippen LogP contribution in [0, 0.1) is 5.92 Å². The third-order valence-corrected chi connectivity index (χ3v) is 11.1. The van der Waals surface area contributed by atoms with Crippen molar-refractivity contribution in [2.24, 2.45) is 5.92 Å². The van der Waals surface area contributed by atoms with E-state index in [1.807, 2.05) is 132 Å². The van der Waals surface area contributed by atoms with E-state index in [0.29, 0.717) is 58.1 Å². The summed E-state index contributed by atoms with van der Waals surface area (Å²) in [5, 5.41) is 18.3. The van der Waals surface area contributed by atoms with E-state index in [2.05, 4.69) is 105 Å². The molecule has 0 heterocycles. The Kier molecular flexibility index (Phi) is 168. The zero-order chi connectivity index (χ0) is 75.5. The number of rotatable bonds is 25. The molecule has 0 aliphatic heterocycles. The first-order valence-corrected chi connectivity index (χ1v) is 33.4. The molecule has 103 heavy (non-hydrogen) atoms. The number of ether oxygens (including phenoxy) is 4. The van der Waals surface area contributed by atoms with Gasteiger partial charge in [-0.25, -0.2) is 0 Å². The maximum Gasteiger partial charge on any atom is 0.302 e. The normalized spacial score (nSPS) is 9.83. The molecule has 0 saturated heterocycles. The van der Waals surface area contributed by atoms with Crippen LogP contribution in [0.1, 0.15) is 300 Å². The highest BCUT2D eigenvalue weighted by atomic mass is 16.5. The summed E-state index contributed by atoms with van der Waals surface area (Å²) in [5.74, 6) is 1.50. The van der Waals surface area contributed by atoms with Crippen LogP contribution in [0.15, 0.2) is 204 Å². The topological polar surface area (TPSA) is 180 Å². The van der Waals surface area contributed by atoms with Gasteiger partial charge in [-0.3, -0.25) is 24.0 Å². The number of aliphatic hydroxyl groups is 2. The molecule has 1 fully saturated rings. The van der Waals surface area contributed by atoms with Crippen LogP contribution in [0.4, 0.5) is 0 Å². The van der Waals surface area contributed by atoms with E-state index in [4.69, 9.17) is 19.3 Å². The van der Waals surface area contributed by atoms with Gasteiger partial charge in [0.15, 0.2) is 17.3 Å². The number of Topliss-reactive ketones (excluding diaryl/α,β-unsaturated/α-hetero) is 5. The van der Waals surface area contributed by atoms with E-state index in [1.165, 1.54) is 64.0 Å². The molecule has 0 amide bonds. The molecule has 3 aromatic rings. The SMILES string of the molecule is C.C.C.C.C.C.C.C.C=C(C)C(C)=O.C=C(C)CC.C=CC.C=CCC.C=CCC(C)=O.C=CCOC(C)=O.C=CCOCC(CC)OCC=C.C=CCOCC(O)CC.CC(=O)c1ccccc1.CC(=O)c1ccccc1.CC1CCCCC1.CCC.CCC(C)=O.CCC(O)c1ccccc1. The summed E-state index contributed by atoms with van der Waals surface area (Å²) in [4.78, 5) is 61.1. The van der Waals surface area contributed by atoms with Crippen molar-refractivity contribution in [3.8, 4) is 0 Å². The number of carbonyl (C=O) groups excluding carboxylic acids is 6. The summed E-state index contributed by atoms with van der Waals surface area (Å²) >= 11 is 0. The Bertz CT molecular complexity index is 2190. The molecule has 2 N–H and O–H groups in total. The van der Waals surface area contributed by atoms with Gasteiger partial charge in [-0.05, 0) is 105 Å². The fourth-order valence-corrected chi connectivity index (χ4v) is 5.12. The first kappa shape index (κ1) is 142. The van der Waals surface area contributed by atoms with Crippen LogP contribution in [0.2, 0.25) is 0 Å². The molecule has 12 nitrogen and oxygen atoms in total. The summed E-state index contributed by atoms with van der Waals surface area (Å²) in [5.41, 5.74) is 4.43. The maximum atomic E-state index is 10.6. The molecule has 3 unspecified atom stereocenters. The van der Waals surface area contributed by atoms with Gasteiger partial charge in [0.1, 0.15) is 18.2 Å². The van der Waals surface area contributed by atoms with Gasteiger partial charge in [-0.2, -0.15) is 0 Å². The second-order valence-electron chi connectivity index (χ2n) is 21.1. The van der Waals surface area contributed by atoms with Gasteiger partial charge >= 0.3 is 5.97 Å². The Labute approximate surface area is 641 Å². The lowest BCUT2D eigenvalue weighted by molar-refractivity contribution is -0.139. The summed E-state index contributed by atoms with van der Waals surface area (Å²) in [6.07, 6.45) is 26.0. The van der Waals surface area contributed by atoms with Crippen LogP contribution in [0.3, 0.4) is 0 Å². The van der Waals surface area contributed by atoms with E-state index in [9.17, 15) is 33.9 Å². The second-order valence-corrected chi connectivity index (χ2v) is 21.1. The number of allylic oxidation sites excluding steroid dienone is 5. The van der Waals surface area contributed by atoms with Crippen molar-refractivity contribution in [3.05, 3.63) is 221 Å². The van der Waals surface area contributed by atoms with E-state index >= 15 is 0 Å². The zero-order valence-corrected chi connectivity index (χ0v) is 63.3. The van der Waals surface area contributed by atoms with Crippen LogP contribution >= 0.6 is 0 Å². The number of ketones is 5. The molecule has 1 saturated carbocycles. The van der Waals surface area contributed by atoms with Crippen LogP contribution in [0.25, 0.3) is 0 Å². The smallest absolute Gasteiger partial charge is 0.302 e. The minimum Gasteiger partial charge on any atom is -0.462 e. The average Bonchev–Trinajstić information content (AvgIpc) is 0.963. The molecule has 12 heteroatoms. The van der Waals surface area contributed by atoms with Gasteiger partial charge in [-0.1, -0.05) is 313 Å². The fourth-order valence-electron chi connectivity index (χ4n) is 5.12. The van der Waals surface area contributed by atoms with Crippen LogP contribution in [-0.2, 0) is 38.1 Å². The lowest BCUT2D eigenvalue weighted by atomic mass is 9.91. The van der Waals surface area contributed by atoms with Crippen molar-refractivity contribution in [2.75, 3.05) is 39.6 Å². The number of carbonyl (C=O) groups is 6. The predicted molar refractivity (Wildman–Crippen MR) is 465 cm³/mol. The Morgan fingerprint density at radius 2 is 0.816 bits per heavy atom. The lowest BCUT2D eigenvalue weighted by Crippen LogP contribution is -2.19. The molecule has 0 spiro atoms. The van der Waals surface area contributed by atoms with Crippen LogP contribution in [-0.4, -0.2) is 96.9 Å². The van der Waals surface area contributed by atoms with Gasteiger partial charge in [0.2, 0.25) is 0 Å². The highest BCUT2D eigenvalue weighted by Gasteiger charge is 2.06. The molecule has 606 valence electrons. The number of aliphatic hydroxyl groups excluding tert-OH is 2. The molecular weight excluding hydrogens is 1280 g/mol. The van der Waals surface area contributed by atoms with E-state index in [1.54, 1.807) is 65.0 Å². The highest BCUT2D eigenvalue weighted by molar-refractivity contribution is 5.94. The van der Waals surface area contributed by atoms with Crippen molar-refractivity contribution in [2.45, 2.75) is 286 Å². The predicted octanol–water partition coefficient (Wildman–Crippen LogP) is 26.9. The summed E-state index contributed by atoms with van der Waals surface area (Å²) < 4.78 is 20.1. The number of hydrogen-bond acceptors (Lipinski definition) is 12. The van der Waals surface area contributed by atoms with Crippen LogP contribution < -0.4 is 0 Å². The Hall–Kier alpha value is -7.06. The van der Waals surface area contributed by atoms with Crippen molar-refractivity contribution in [1.29, 1.82) is 0 Å². The van der Waals surface area contributed by atoms with Crippen molar-refractivity contribution >= 4 is 34.9 Å². The second kappa shape index (κ2) is 122. The van der Waals surface area contributed by atoms with Crippen molar-refractivity contribution in [1.82, 2.24) is 0 Å². The molecule has 1 aliphatic rings. The van der Waals surface area contributed by atoms with E-state index < -0.39 is 0 Å². The van der Waals surface area contributed by atoms with E-state index in [0.717, 1.165) is 54.7 Å². The monoisotopic (exact) mass is 1460 g/mol. The average molecular weight is 1460 g/mol. The quantitative estimate of drug-likeness (QED) is 0.0270. The van der Waals surface area contributed by atoms with Gasteiger partial charge in [0, 0.05) is 30.9 Å². The first-order valence-electron chi connectivity index (χ1n) is 33.4. The van der Waals surface area contributed by atoms with Gasteiger partial charge in [-0.15, -0.1) is 46.1 Å². The Balaban J connectivity index is -0.0000000476. The first-order chi connectivity index (χ1) is 45.0. The van der Waals surface area contributed by atoms with Crippen molar-refractivity contribution < 1.29 is 57.9 Å². The van der Waals surface area contributed by atoms with Crippen LogP contribution in [0.5, 0.6) is 0 Å². The minimum absolute atomic E-state index is 0. The third kappa shape index (κ3) is 154. The summed E-state index contributed by atoms with van der Waals surface area (Å²) in [6, 6.07) is 28.2. The molecular formula is C91H170O12. The number of esters is 1. The number of hydrogen-bond donors (Lipinski definition) is 2. The fraction of sp³-hybridized carbons (Fsp3) is 0.538. The lowest BCUT2D eigenvalue weighted by Gasteiger charge is -2.15. The Morgan fingerprint density at radius 3 is 1.00 bits per heavy atom. The standard InChI is InChI=1S/C10H18O2.C9H12O.2C8H8O.C7H14O2.C7H14.C5H8O2.2C5H8O.C5H10.C4H8O.C4H8.C3H8.C3H6.8CH4/c1-4-7-11-9-10(6-3)12-8-5-2;1-2-9(10)8-6-4-3-5-7-8;2*1-7(9)8-5-3-2-4-6-8;1-3-5-9-6-7(8)4-2;1-7-5-3-2-4-6-7;1-3-4-7-5(2)6;1-4(2)5(3)6;1-3-4-5(2)6;1-4-5(2)3;1-3-4(2)5;1-3-4-2;2*1-3-2;;;;;;;;/h4-5,10H,1-2,6-9H2,3H3;3-7,9-10H,2H2,1H3;2*2-6H,1H3;3,7-8H,1,4-6H2,2H3;7H,2-6H2,1H3;3H,1,4H2,2H3;1H2,2-3H3;3H,1,4H2,2H3;2,4H2,1,3H3;3H2,1-2H3;3H,1,4H2,2H3;3H2,1-2H3;3H,1H2,2H3;8*1H4. The largest absolute Gasteiger partial charge is 0.462 e. The van der Waals surface area contributed by atoms with Gasteiger partial charge < -0.3 is 34.0 Å². The molecule has 4 rings (SSSR count). The minimum atomic E-state index is -0.315. The highest BCUT2D eigenvalue weighted by Crippen LogP contribution is 2.22. The maximum absolute atomic E-state index is 10.6. The zero-order valence-electron chi connectivity index (χ0n) is 63.3. The summed E-state index contributed by atoms with van der Waals surface area (Å²) in [6.45, 7) is 67.7. The molecule has 0 aromatic heterocycles. The summed E-state index contributed by atoms with van der Waals surface area (Å²) in [7, 11) is 0. The number of benzene rings is 3. The molecule has 3 atom stereocenters. The molecule has 0 bridgehead atoms. The molecule has 0 radical (unpaired) electrons. The van der Waals surface area contributed by atoms with Crippen molar-refractivity contribution in [3.63, 3.8) is 0 Å².